The topological polar surface area (TPSA) is 68.6 Å². The van der Waals surface area contributed by atoms with Crippen molar-refractivity contribution >= 4 is 11.0 Å². The zero-order valence-electron chi connectivity index (χ0n) is 10.8. The Labute approximate surface area is 106 Å². The van der Waals surface area contributed by atoms with Gasteiger partial charge in [-0.15, -0.1) is 0 Å². The molecule has 98 valence electrons. The minimum atomic E-state index is -0.734. The Morgan fingerprint density at radius 2 is 2.06 bits per heavy atom. The lowest BCUT2D eigenvalue weighted by Crippen LogP contribution is -2.22. The van der Waals surface area contributed by atoms with Crippen LogP contribution < -0.4 is 10.5 Å². The monoisotopic (exact) mass is 249 g/mol. The van der Waals surface area contributed by atoms with E-state index in [4.69, 9.17) is 14.9 Å². The number of furan rings is 1. The molecule has 3 N–H and O–H groups in total. The number of benzene rings is 1. The van der Waals surface area contributed by atoms with E-state index in [0.717, 1.165) is 11.0 Å². The third-order valence-corrected chi connectivity index (χ3v) is 2.76. The van der Waals surface area contributed by atoms with Crippen molar-refractivity contribution in [3.8, 4) is 5.75 Å². The van der Waals surface area contributed by atoms with Gasteiger partial charge in [0.25, 0.3) is 0 Å². The van der Waals surface area contributed by atoms with Crippen LogP contribution in [0.1, 0.15) is 26.0 Å². The summed E-state index contributed by atoms with van der Waals surface area (Å²) in [6.45, 7) is 4.24. The fourth-order valence-corrected chi connectivity index (χ4v) is 1.77. The highest BCUT2D eigenvalue weighted by atomic mass is 16.5. The van der Waals surface area contributed by atoms with Crippen LogP contribution in [0.15, 0.2) is 28.7 Å². The predicted octanol–water partition coefficient (Wildman–Crippen LogP) is 2.43. The minimum Gasteiger partial charge on any atom is -0.489 e. The van der Waals surface area contributed by atoms with Crippen molar-refractivity contribution in [1.29, 1.82) is 0 Å². The molecule has 0 aliphatic heterocycles. The molecule has 0 unspecified atom stereocenters. The number of nitrogens with two attached hydrogens (primary N) is 1. The number of aliphatic hydroxyl groups is 1. The van der Waals surface area contributed by atoms with Crippen LogP contribution in [0, 0.1) is 0 Å². The summed E-state index contributed by atoms with van der Waals surface area (Å²) in [5, 5.41) is 10.6. The molecule has 1 heterocycles. The molecule has 2 rings (SSSR count). The fourth-order valence-electron chi connectivity index (χ4n) is 1.77. The molecule has 0 aliphatic carbocycles. The first-order valence-corrected chi connectivity index (χ1v) is 6.07. The molecule has 0 amide bonds. The molecule has 0 saturated carbocycles. The Hall–Kier alpha value is -1.52. The van der Waals surface area contributed by atoms with Crippen LogP contribution in [0.5, 0.6) is 5.75 Å². The highest BCUT2D eigenvalue weighted by molar-refractivity contribution is 5.85. The molecular weight excluding hydrogens is 230 g/mol. The average Bonchev–Trinajstić information content (AvgIpc) is 2.66. The van der Waals surface area contributed by atoms with Crippen LogP contribution in [0.4, 0.5) is 0 Å². The zero-order chi connectivity index (χ0) is 13.2. The molecule has 18 heavy (non-hydrogen) atoms. The summed E-state index contributed by atoms with van der Waals surface area (Å²) >= 11 is 0. The summed E-state index contributed by atoms with van der Waals surface area (Å²) in [4.78, 5) is 0. The molecule has 0 fully saturated rings. The van der Waals surface area contributed by atoms with Crippen LogP contribution in [0.25, 0.3) is 11.0 Å². The van der Waals surface area contributed by atoms with E-state index < -0.39 is 5.60 Å². The van der Waals surface area contributed by atoms with Gasteiger partial charge in [-0.05, 0) is 26.0 Å². The van der Waals surface area contributed by atoms with E-state index in [1.165, 1.54) is 0 Å². The molecular formula is C14H19NO3. The first-order chi connectivity index (χ1) is 8.51. The molecule has 0 spiro atoms. The minimum absolute atomic E-state index is 0.298. The summed E-state index contributed by atoms with van der Waals surface area (Å²) in [5.41, 5.74) is 5.69. The normalized spacial score (nSPS) is 12.0. The van der Waals surface area contributed by atoms with Crippen LogP contribution in [-0.4, -0.2) is 17.3 Å². The molecule has 1 aromatic carbocycles. The Balaban J connectivity index is 2.20. The van der Waals surface area contributed by atoms with Crippen molar-refractivity contribution in [2.24, 2.45) is 5.73 Å². The van der Waals surface area contributed by atoms with Gasteiger partial charge >= 0.3 is 0 Å². The van der Waals surface area contributed by atoms with Gasteiger partial charge in [0.05, 0.1) is 24.1 Å². The number of fused-ring (bicyclic) bond motifs is 1. The number of hydrogen-bond donors (Lipinski definition) is 2. The van der Waals surface area contributed by atoms with E-state index in [9.17, 15) is 5.11 Å². The highest BCUT2D eigenvalue weighted by Gasteiger charge is 2.16. The summed E-state index contributed by atoms with van der Waals surface area (Å²) in [5.74, 6) is 1.34. The number of rotatable bonds is 5. The largest absolute Gasteiger partial charge is 0.489 e. The van der Waals surface area contributed by atoms with Gasteiger partial charge in [-0.3, -0.25) is 0 Å². The van der Waals surface area contributed by atoms with Crippen molar-refractivity contribution in [2.45, 2.75) is 32.4 Å². The molecule has 0 saturated heterocycles. The van der Waals surface area contributed by atoms with Gasteiger partial charge in [-0.2, -0.15) is 0 Å². The van der Waals surface area contributed by atoms with E-state index in [-0.39, 0.29) is 0 Å². The lowest BCUT2D eigenvalue weighted by Gasteiger charge is -2.16. The number of hydrogen-bond acceptors (Lipinski definition) is 4. The van der Waals surface area contributed by atoms with Gasteiger partial charge in [0.1, 0.15) is 5.58 Å². The van der Waals surface area contributed by atoms with E-state index >= 15 is 0 Å². The first kappa shape index (κ1) is 12.9. The van der Waals surface area contributed by atoms with E-state index in [0.29, 0.717) is 31.1 Å². The Kier molecular flexibility index (Phi) is 3.59. The van der Waals surface area contributed by atoms with Gasteiger partial charge in [0, 0.05) is 6.42 Å². The maximum Gasteiger partial charge on any atom is 0.169 e. The molecule has 4 heteroatoms. The lowest BCUT2D eigenvalue weighted by atomic mass is 10.1. The van der Waals surface area contributed by atoms with Crippen molar-refractivity contribution in [2.75, 3.05) is 6.61 Å². The van der Waals surface area contributed by atoms with Crippen molar-refractivity contribution < 1.29 is 14.3 Å². The average molecular weight is 249 g/mol. The summed E-state index contributed by atoms with van der Waals surface area (Å²) in [6.07, 6.45) is 0.552. The second-order valence-electron chi connectivity index (χ2n) is 4.97. The third-order valence-electron chi connectivity index (χ3n) is 2.76. The maximum atomic E-state index is 9.66. The summed E-state index contributed by atoms with van der Waals surface area (Å²) in [7, 11) is 0. The smallest absolute Gasteiger partial charge is 0.169 e. The van der Waals surface area contributed by atoms with Crippen molar-refractivity contribution in [3.63, 3.8) is 0 Å². The van der Waals surface area contributed by atoms with Gasteiger partial charge in [0.15, 0.2) is 11.5 Å². The second-order valence-corrected chi connectivity index (χ2v) is 4.97. The van der Waals surface area contributed by atoms with Gasteiger partial charge in [0.2, 0.25) is 0 Å². The van der Waals surface area contributed by atoms with Crippen LogP contribution in [0.3, 0.4) is 0 Å². The molecule has 0 aliphatic rings. The molecule has 0 radical (unpaired) electrons. The lowest BCUT2D eigenvalue weighted by molar-refractivity contribution is 0.0552. The van der Waals surface area contributed by atoms with Crippen LogP contribution >= 0.6 is 0 Å². The Bertz CT molecular complexity index is 525. The maximum absolute atomic E-state index is 9.66. The predicted molar refractivity (Wildman–Crippen MR) is 70.5 cm³/mol. The molecule has 2 aromatic rings. The van der Waals surface area contributed by atoms with Gasteiger partial charge in [-0.1, -0.05) is 12.1 Å². The second kappa shape index (κ2) is 5.00. The van der Waals surface area contributed by atoms with Crippen LogP contribution in [-0.2, 0) is 6.54 Å². The van der Waals surface area contributed by atoms with Crippen molar-refractivity contribution in [3.05, 3.63) is 30.0 Å². The Morgan fingerprint density at radius 3 is 2.72 bits per heavy atom. The van der Waals surface area contributed by atoms with E-state index in [1.807, 2.05) is 24.3 Å². The van der Waals surface area contributed by atoms with E-state index in [2.05, 4.69) is 0 Å². The first-order valence-electron chi connectivity index (χ1n) is 6.07. The van der Waals surface area contributed by atoms with E-state index in [1.54, 1.807) is 13.8 Å². The van der Waals surface area contributed by atoms with Gasteiger partial charge < -0.3 is 20.0 Å². The third kappa shape index (κ3) is 2.83. The zero-order valence-corrected chi connectivity index (χ0v) is 10.8. The molecule has 1 aromatic heterocycles. The quantitative estimate of drug-likeness (QED) is 0.854. The standard InChI is InChI=1S/C14H19NO3/c1-14(2,16)7-8-17-13-10-5-3-4-6-11(10)18-12(13)9-15/h3-6,16H,7-9,15H2,1-2H3. The summed E-state index contributed by atoms with van der Waals surface area (Å²) in [6, 6.07) is 7.67. The highest BCUT2D eigenvalue weighted by Crippen LogP contribution is 2.33. The molecule has 0 bridgehead atoms. The number of ether oxygens (including phenoxy) is 1. The molecule has 0 atom stereocenters. The fraction of sp³-hybridized carbons (Fsp3) is 0.429. The van der Waals surface area contributed by atoms with Crippen molar-refractivity contribution in [1.82, 2.24) is 0 Å². The van der Waals surface area contributed by atoms with Gasteiger partial charge in [-0.25, -0.2) is 0 Å². The summed E-state index contributed by atoms with van der Waals surface area (Å²) < 4.78 is 11.3. The SMILES string of the molecule is CC(C)(O)CCOc1c(CN)oc2ccccc12. The molecule has 4 nitrogen and oxygen atoms in total. The van der Waals surface area contributed by atoms with Crippen LogP contribution in [0.2, 0.25) is 0 Å². The Morgan fingerprint density at radius 1 is 1.33 bits per heavy atom. The number of para-hydroxylation sites is 1.